The Kier molecular flexibility index (Phi) is 5.14. The second-order valence-corrected chi connectivity index (χ2v) is 7.49. The third-order valence-electron chi connectivity index (χ3n) is 5.35. The van der Waals surface area contributed by atoms with E-state index in [1.165, 1.54) is 0 Å². The zero-order valence-corrected chi connectivity index (χ0v) is 15.7. The van der Waals surface area contributed by atoms with Crippen LogP contribution in [0.15, 0.2) is 42.6 Å². The van der Waals surface area contributed by atoms with Gasteiger partial charge in [-0.05, 0) is 56.4 Å². The molecule has 1 aliphatic rings. The van der Waals surface area contributed by atoms with Gasteiger partial charge in [0.1, 0.15) is 5.75 Å². The molecule has 0 bridgehead atoms. The number of H-pyrrole nitrogens is 1. The van der Waals surface area contributed by atoms with Crippen LogP contribution in [0.4, 0.5) is 0 Å². The lowest BCUT2D eigenvalue weighted by molar-refractivity contribution is 0.138. The van der Waals surface area contributed by atoms with Crippen LogP contribution in [0.5, 0.6) is 5.75 Å². The van der Waals surface area contributed by atoms with Gasteiger partial charge >= 0.3 is 0 Å². The fourth-order valence-corrected chi connectivity index (χ4v) is 3.93. The highest BCUT2D eigenvalue weighted by Crippen LogP contribution is 2.30. The van der Waals surface area contributed by atoms with E-state index in [0.29, 0.717) is 6.04 Å². The Balaban J connectivity index is 1.30. The van der Waals surface area contributed by atoms with E-state index in [2.05, 4.69) is 34.6 Å². The molecule has 2 aromatic carbocycles. The second-order valence-electron chi connectivity index (χ2n) is 7.08. The third kappa shape index (κ3) is 3.71. The van der Waals surface area contributed by atoms with Gasteiger partial charge in [0.25, 0.3) is 0 Å². The third-order valence-corrected chi connectivity index (χ3v) is 5.72. The number of aryl methyl sites for hydroxylation is 1. The van der Waals surface area contributed by atoms with E-state index in [0.717, 1.165) is 65.0 Å². The predicted octanol–water partition coefficient (Wildman–Crippen LogP) is 5.00. The quantitative estimate of drug-likeness (QED) is 0.665. The van der Waals surface area contributed by atoms with Crippen molar-refractivity contribution in [2.45, 2.75) is 51.3 Å². The van der Waals surface area contributed by atoms with Crippen LogP contribution in [0.2, 0.25) is 5.02 Å². The van der Waals surface area contributed by atoms with Crippen LogP contribution < -0.4 is 10.1 Å². The minimum atomic E-state index is 0.288. The Hall–Kier alpha value is -2.04. The fourth-order valence-electron chi connectivity index (χ4n) is 3.73. The number of nitrogens with zero attached hydrogens (tertiary/aromatic N) is 1. The lowest BCUT2D eigenvalue weighted by Gasteiger charge is -2.30. The molecule has 1 aliphatic carbocycles. The van der Waals surface area contributed by atoms with E-state index in [9.17, 15) is 0 Å². The van der Waals surface area contributed by atoms with Gasteiger partial charge in [0, 0.05) is 28.6 Å². The number of hydrogen-bond acceptors (Lipinski definition) is 3. The number of rotatable bonds is 5. The molecule has 1 heterocycles. The first-order valence-corrected chi connectivity index (χ1v) is 9.64. The maximum atomic E-state index is 6.30. The molecular weight excluding hydrogens is 346 g/mol. The molecule has 1 aromatic heterocycles. The molecule has 5 heteroatoms. The number of halogens is 1. The SMILES string of the molecule is Cc1c(O[C@H]2CC[C@@H](NCc3ccccc3Cl)CC2)ccc2[nH]ncc12. The van der Waals surface area contributed by atoms with E-state index < -0.39 is 0 Å². The van der Waals surface area contributed by atoms with Crippen molar-refractivity contribution < 1.29 is 4.74 Å². The number of aromatic nitrogens is 2. The average molecular weight is 370 g/mol. The van der Waals surface area contributed by atoms with Gasteiger partial charge in [-0.2, -0.15) is 5.10 Å². The molecule has 1 fully saturated rings. The molecule has 0 aliphatic heterocycles. The standard InChI is InChI=1S/C21H24ClN3O/c1-14-18-13-24-25-20(18)10-11-21(14)26-17-8-6-16(7-9-17)23-12-15-4-2-3-5-19(15)22/h2-5,10-11,13,16-17,23H,6-9,12H2,1H3,(H,24,25)/t16-,17+. The lowest BCUT2D eigenvalue weighted by Crippen LogP contribution is -2.36. The molecule has 0 atom stereocenters. The van der Waals surface area contributed by atoms with Crippen LogP contribution in [0, 0.1) is 6.92 Å². The first-order valence-electron chi connectivity index (χ1n) is 9.27. The Morgan fingerprint density at radius 3 is 2.77 bits per heavy atom. The van der Waals surface area contributed by atoms with Crippen molar-refractivity contribution in [3.8, 4) is 5.75 Å². The zero-order valence-electron chi connectivity index (χ0n) is 15.0. The molecule has 4 rings (SSSR count). The zero-order chi connectivity index (χ0) is 17.9. The Bertz CT molecular complexity index is 884. The summed E-state index contributed by atoms with van der Waals surface area (Å²) in [6, 6.07) is 12.7. The summed E-state index contributed by atoms with van der Waals surface area (Å²) in [6.45, 7) is 2.93. The van der Waals surface area contributed by atoms with Crippen LogP contribution in [0.3, 0.4) is 0 Å². The summed E-state index contributed by atoms with van der Waals surface area (Å²) in [5.41, 5.74) is 3.38. The number of aromatic amines is 1. The van der Waals surface area contributed by atoms with E-state index in [-0.39, 0.29) is 6.10 Å². The summed E-state index contributed by atoms with van der Waals surface area (Å²) in [4.78, 5) is 0. The minimum Gasteiger partial charge on any atom is -0.490 e. The van der Waals surface area contributed by atoms with Crippen LogP contribution >= 0.6 is 11.6 Å². The molecule has 0 unspecified atom stereocenters. The molecule has 136 valence electrons. The van der Waals surface area contributed by atoms with Gasteiger partial charge < -0.3 is 10.1 Å². The lowest BCUT2D eigenvalue weighted by atomic mass is 9.92. The van der Waals surface area contributed by atoms with Gasteiger partial charge in [0.05, 0.1) is 17.8 Å². The Labute approximate surface area is 158 Å². The topological polar surface area (TPSA) is 49.9 Å². The molecule has 4 nitrogen and oxygen atoms in total. The van der Waals surface area contributed by atoms with Gasteiger partial charge in [-0.15, -0.1) is 0 Å². The first kappa shape index (κ1) is 17.4. The van der Waals surface area contributed by atoms with Gasteiger partial charge in [-0.25, -0.2) is 0 Å². The Morgan fingerprint density at radius 1 is 1.15 bits per heavy atom. The highest BCUT2D eigenvalue weighted by Gasteiger charge is 2.23. The highest BCUT2D eigenvalue weighted by molar-refractivity contribution is 6.31. The van der Waals surface area contributed by atoms with Crippen molar-refractivity contribution in [3.05, 3.63) is 58.7 Å². The van der Waals surface area contributed by atoms with E-state index >= 15 is 0 Å². The highest BCUT2D eigenvalue weighted by atomic mass is 35.5. The second kappa shape index (κ2) is 7.68. The first-order chi connectivity index (χ1) is 12.7. The molecular formula is C21H24ClN3O. The smallest absolute Gasteiger partial charge is 0.123 e. The van der Waals surface area contributed by atoms with Crippen LogP contribution in [0.1, 0.15) is 36.8 Å². The number of ether oxygens (including phenoxy) is 1. The van der Waals surface area contributed by atoms with Crippen LogP contribution in [-0.4, -0.2) is 22.3 Å². The molecule has 0 amide bonds. The fraction of sp³-hybridized carbons (Fsp3) is 0.381. The van der Waals surface area contributed by atoms with Gasteiger partial charge in [0.15, 0.2) is 0 Å². The molecule has 2 N–H and O–H groups in total. The molecule has 1 saturated carbocycles. The number of hydrogen-bond donors (Lipinski definition) is 2. The largest absolute Gasteiger partial charge is 0.490 e. The molecule has 3 aromatic rings. The monoisotopic (exact) mass is 369 g/mol. The number of benzene rings is 2. The molecule has 0 radical (unpaired) electrons. The normalized spacial score (nSPS) is 20.4. The van der Waals surface area contributed by atoms with Crippen LogP contribution in [0.25, 0.3) is 10.9 Å². The van der Waals surface area contributed by atoms with Gasteiger partial charge in [0.2, 0.25) is 0 Å². The van der Waals surface area contributed by atoms with Crippen molar-refractivity contribution >= 4 is 22.5 Å². The van der Waals surface area contributed by atoms with Crippen molar-refractivity contribution in [1.82, 2.24) is 15.5 Å². The summed E-state index contributed by atoms with van der Waals surface area (Å²) >= 11 is 6.24. The van der Waals surface area contributed by atoms with Crippen LogP contribution in [-0.2, 0) is 6.54 Å². The van der Waals surface area contributed by atoms with Gasteiger partial charge in [-0.1, -0.05) is 29.8 Å². The van der Waals surface area contributed by atoms with E-state index in [1.54, 1.807) is 0 Å². The summed E-state index contributed by atoms with van der Waals surface area (Å²) in [7, 11) is 0. The number of fused-ring (bicyclic) bond motifs is 1. The number of nitrogens with one attached hydrogen (secondary N) is 2. The van der Waals surface area contributed by atoms with Crippen molar-refractivity contribution in [1.29, 1.82) is 0 Å². The molecule has 0 spiro atoms. The van der Waals surface area contributed by atoms with Crippen molar-refractivity contribution in [3.63, 3.8) is 0 Å². The summed E-state index contributed by atoms with van der Waals surface area (Å²) in [5.74, 6) is 0.978. The maximum Gasteiger partial charge on any atom is 0.123 e. The molecule has 26 heavy (non-hydrogen) atoms. The predicted molar refractivity (Wildman–Crippen MR) is 106 cm³/mol. The average Bonchev–Trinajstić information content (AvgIpc) is 3.14. The van der Waals surface area contributed by atoms with E-state index in [4.69, 9.17) is 16.3 Å². The summed E-state index contributed by atoms with van der Waals surface area (Å²) in [5, 5.41) is 12.7. The summed E-state index contributed by atoms with van der Waals surface area (Å²) < 4.78 is 6.30. The minimum absolute atomic E-state index is 0.288. The summed E-state index contributed by atoms with van der Waals surface area (Å²) in [6.07, 6.45) is 6.56. The maximum absolute atomic E-state index is 6.30. The molecule has 0 saturated heterocycles. The van der Waals surface area contributed by atoms with Gasteiger partial charge in [-0.3, -0.25) is 5.10 Å². The van der Waals surface area contributed by atoms with Crippen molar-refractivity contribution in [2.75, 3.05) is 0 Å². The van der Waals surface area contributed by atoms with Crippen molar-refractivity contribution in [2.24, 2.45) is 0 Å². The van der Waals surface area contributed by atoms with E-state index in [1.807, 2.05) is 30.5 Å². The Morgan fingerprint density at radius 2 is 1.96 bits per heavy atom.